The quantitative estimate of drug-likeness (QED) is 0.738. The Kier molecular flexibility index (Phi) is 6.24. The van der Waals surface area contributed by atoms with Crippen molar-refractivity contribution >= 4 is 29.7 Å². The highest BCUT2D eigenvalue weighted by Crippen LogP contribution is 2.47. The zero-order valence-corrected chi connectivity index (χ0v) is 18.6. The molecule has 162 valence electrons. The van der Waals surface area contributed by atoms with E-state index in [0.717, 1.165) is 25.9 Å². The fraction of sp³-hybridized carbons (Fsp3) is 0.522. The number of aliphatic hydroxyl groups is 1. The van der Waals surface area contributed by atoms with Crippen LogP contribution in [0, 0.1) is 5.92 Å². The van der Waals surface area contributed by atoms with Crippen LogP contribution in [0.15, 0.2) is 36.4 Å². The molecule has 1 amide bonds. The molecule has 2 aliphatic heterocycles. The lowest BCUT2D eigenvalue weighted by molar-refractivity contribution is -0.144. The van der Waals surface area contributed by atoms with Gasteiger partial charge in [0, 0.05) is 34.8 Å². The highest BCUT2D eigenvalue weighted by atomic mass is 35.5. The van der Waals surface area contributed by atoms with Gasteiger partial charge >= 0.3 is 0 Å². The number of hydrogen-bond acceptors (Lipinski definition) is 5. The van der Waals surface area contributed by atoms with Crippen LogP contribution in [0.5, 0.6) is 0 Å². The maximum absolute atomic E-state index is 12.9. The van der Waals surface area contributed by atoms with Crippen LogP contribution < -0.4 is 5.73 Å². The van der Waals surface area contributed by atoms with Crippen molar-refractivity contribution in [1.82, 2.24) is 4.90 Å². The number of carbonyl (C=O) groups excluding carboxylic acids is 1. The number of halogens is 1. The molecule has 30 heavy (non-hydrogen) atoms. The number of carbonyl (C=O) groups is 1. The van der Waals surface area contributed by atoms with Crippen molar-refractivity contribution in [3.63, 3.8) is 0 Å². The standard InChI is InChI=1S/C23H28N2O3S.ClH/c24-18-12-17(13-19(18)26)22(27)25-9-7-23(8-10-25)21-16(6-11-28-23)14-20(29-21)15-4-2-1-3-5-15;/h1-5,14,17-19,26H,6-13,24H2;1H/t17-,18+,19+;/m0./s1. The molecule has 1 saturated carbocycles. The van der Waals surface area contributed by atoms with Crippen LogP contribution in [0.1, 0.15) is 36.1 Å². The zero-order chi connectivity index (χ0) is 20.0. The Balaban J connectivity index is 0.00000218. The summed E-state index contributed by atoms with van der Waals surface area (Å²) in [7, 11) is 0. The number of aliphatic hydroxyl groups excluding tert-OH is 1. The van der Waals surface area contributed by atoms with Crippen LogP contribution in [0.25, 0.3) is 10.4 Å². The molecule has 7 heteroatoms. The van der Waals surface area contributed by atoms with Crippen LogP contribution in [0.2, 0.25) is 0 Å². The topological polar surface area (TPSA) is 75.8 Å². The van der Waals surface area contributed by atoms with Gasteiger partial charge in [-0.05, 0) is 49.3 Å². The van der Waals surface area contributed by atoms with Crippen molar-refractivity contribution in [1.29, 1.82) is 0 Å². The van der Waals surface area contributed by atoms with Crippen molar-refractivity contribution < 1.29 is 14.6 Å². The lowest BCUT2D eigenvalue weighted by atomic mass is 9.85. The van der Waals surface area contributed by atoms with Crippen LogP contribution in [-0.2, 0) is 21.6 Å². The van der Waals surface area contributed by atoms with Gasteiger partial charge in [-0.15, -0.1) is 23.7 Å². The smallest absolute Gasteiger partial charge is 0.225 e. The molecule has 0 bridgehead atoms. The molecule has 3 heterocycles. The summed E-state index contributed by atoms with van der Waals surface area (Å²) < 4.78 is 6.38. The first-order chi connectivity index (χ1) is 14.1. The van der Waals surface area contributed by atoms with E-state index in [1.165, 1.54) is 20.9 Å². The Morgan fingerprint density at radius 3 is 2.60 bits per heavy atom. The van der Waals surface area contributed by atoms with E-state index in [0.29, 0.717) is 25.9 Å². The molecule has 1 saturated heterocycles. The summed E-state index contributed by atoms with van der Waals surface area (Å²) in [6.07, 6.45) is 3.16. The van der Waals surface area contributed by atoms with Gasteiger partial charge < -0.3 is 20.5 Å². The fourth-order valence-electron chi connectivity index (χ4n) is 5.13. The largest absolute Gasteiger partial charge is 0.391 e. The molecule has 3 N–H and O–H groups in total. The molecule has 0 radical (unpaired) electrons. The van der Waals surface area contributed by atoms with Crippen molar-refractivity contribution in [3.05, 3.63) is 46.8 Å². The third kappa shape index (κ3) is 3.80. The average molecular weight is 449 g/mol. The zero-order valence-electron chi connectivity index (χ0n) is 17.0. The molecular formula is C23H29ClN2O3S. The number of fused-ring (bicyclic) bond motifs is 2. The Bertz CT molecular complexity index is 885. The van der Waals surface area contributed by atoms with Crippen molar-refractivity contribution in [2.45, 2.75) is 49.9 Å². The van der Waals surface area contributed by atoms with Gasteiger partial charge in [-0.2, -0.15) is 0 Å². The normalized spacial score (nSPS) is 27.5. The van der Waals surface area contributed by atoms with E-state index in [1.54, 1.807) is 0 Å². The molecule has 2 fully saturated rings. The molecular weight excluding hydrogens is 420 g/mol. The number of piperidine rings is 1. The molecule has 3 atom stereocenters. The van der Waals surface area contributed by atoms with Gasteiger partial charge in [0.25, 0.3) is 0 Å². The monoisotopic (exact) mass is 448 g/mol. The number of nitrogens with two attached hydrogens (primary N) is 1. The molecule has 3 aliphatic rings. The van der Waals surface area contributed by atoms with Gasteiger partial charge in [0.1, 0.15) is 5.60 Å². The number of nitrogens with zero attached hydrogens (tertiary/aromatic N) is 1. The van der Waals surface area contributed by atoms with Gasteiger partial charge in [0.05, 0.1) is 12.7 Å². The molecule has 1 aromatic carbocycles. The summed E-state index contributed by atoms with van der Waals surface area (Å²) in [6.45, 7) is 2.16. The second-order valence-electron chi connectivity index (χ2n) is 8.65. The lowest BCUT2D eigenvalue weighted by Gasteiger charge is -2.44. The number of rotatable bonds is 2. The summed E-state index contributed by atoms with van der Waals surface area (Å²) in [4.78, 5) is 17.5. The van der Waals surface area contributed by atoms with Crippen LogP contribution in [-0.4, -0.2) is 47.8 Å². The second kappa shape index (κ2) is 8.60. The van der Waals surface area contributed by atoms with E-state index >= 15 is 0 Å². The SMILES string of the molecule is Cl.N[C@@H]1C[C@H](C(=O)N2CCC3(CC2)OCCc2cc(-c4ccccc4)sc23)C[C@H]1O. The maximum Gasteiger partial charge on any atom is 0.225 e. The van der Waals surface area contributed by atoms with E-state index < -0.39 is 6.10 Å². The predicted octanol–water partition coefficient (Wildman–Crippen LogP) is 3.33. The van der Waals surface area contributed by atoms with E-state index in [1.807, 2.05) is 22.3 Å². The molecule has 1 spiro atoms. The lowest BCUT2D eigenvalue weighted by Crippen LogP contribution is -2.49. The van der Waals surface area contributed by atoms with Crippen LogP contribution >= 0.6 is 23.7 Å². The van der Waals surface area contributed by atoms with Gasteiger partial charge in [0.15, 0.2) is 0 Å². The van der Waals surface area contributed by atoms with Crippen LogP contribution in [0.3, 0.4) is 0 Å². The highest BCUT2D eigenvalue weighted by molar-refractivity contribution is 7.15. The fourth-order valence-corrected chi connectivity index (χ4v) is 6.55. The van der Waals surface area contributed by atoms with E-state index in [4.69, 9.17) is 10.5 Å². The number of thiophene rings is 1. The first-order valence-electron chi connectivity index (χ1n) is 10.6. The summed E-state index contributed by atoms with van der Waals surface area (Å²) in [5.74, 6) is 0.0161. The van der Waals surface area contributed by atoms with E-state index in [2.05, 4.69) is 30.3 Å². The van der Waals surface area contributed by atoms with E-state index in [-0.39, 0.29) is 35.9 Å². The summed E-state index contributed by atoms with van der Waals surface area (Å²) in [5, 5.41) is 9.91. The third-order valence-corrected chi connectivity index (χ3v) is 8.25. The van der Waals surface area contributed by atoms with Crippen molar-refractivity contribution in [2.24, 2.45) is 11.7 Å². The van der Waals surface area contributed by atoms with Crippen molar-refractivity contribution in [3.8, 4) is 10.4 Å². The number of ether oxygens (including phenoxy) is 1. The third-order valence-electron chi connectivity index (χ3n) is 6.84. The number of benzene rings is 1. The summed E-state index contributed by atoms with van der Waals surface area (Å²) in [6, 6.07) is 12.6. The average Bonchev–Trinajstić information content (AvgIpc) is 3.33. The van der Waals surface area contributed by atoms with Gasteiger partial charge in [-0.1, -0.05) is 30.3 Å². The Hall–Kier alpha value is -1.44. The molecule has 5 rings (SSSR count). The minimum Gasteiger partial charge on any atom is -0.391 e. The minimum absolute atomic E-state index is 0. The van der Waals surface area contributed by atoms with Crippen molar-refractivity contribution in [2.75, 3.05) is 19.7 Å². The Labute approximate surface area is 187 Å². The molecule has 2 aromatic rings. The number of hydrogen-bond donors (Lipinski definition) is 2. The predicted molar refractivity (Wildman–Crippen MR) is 121 cm³/mol. The number of amides is 1. The second-order valence-corrected chi connectivity index (χ2v) is 9.70. The van der Waals surface area contributed by atoms with Gasteiger partial charge in [0.2, 0.25) is 5.91 Å². The molecule has 0 unspecified atom stereocenters. The first kappa shape index (κ1) is 21.8. The molecule has 1 aromatic heterocycles. The first-order valence-corrected chi connectivity index (χ1v) is 11.4. The minimum atomic E-state index is -0.549. The molecule has 1 aliphatic carbocycles. The van der Waals surface area contributed by atoms with Gasteiger partial charge in [-0.25, -0.2) is 0 Å². The number of likely N-dealkylation sites (tertiary alicyclic amines) is 1. The van der Waals surface area contributed by atoms with E-state index in [9.17, 15) is 9.90 Å². The Morgan fingerprint density at radius 2 is 1.93 bits per heavy atom. The Morgan fingerprint density at radius 1 is 1.20 bits per heavy atom. The summed E-state index contributed by atoms with van der Waals surface area (Å²) >= 11 is 1.85. The van der Waals surface area contributed by atoms with Gasteiger partial charge in [-0.3, -0.25) is 4.79 Å². The highest BCUT2D eigenvalue weighted by Gasteiger charge is 2.45. The molecule has 5 nitrogen and oxygen atoms in total. The maximum atomic E-state index is 12.9. The summed E-state index contributed by atoms with van der Waals surface area (Å²) in [5.41, 5.74) is 8.32. The van der Waals surface area contributed by atoms with Crippen LogP contribution in [0.4, 0.5) is 0 Å².